The van der Waals surface area contributed by atoms with Crippen LogP contribution in [-0.2, 0) is 0 Å². The minimum atomic E-state index is -0.299. The van der Waals surface area contributed by atoms with Crippen LogP contribution in [0.1, 0.15) is 23.5 Å². The van der Waals surface area contributed by atoms with E-state index in [0.29, 0.717) is 15.9 Å². The third kappa shape index (κ3) is 3.94. The van der Waals surface area contributed by atoms with Crippen LogP contribution in [0.3, 0.4) is 0 Å². The van der Waals surface area contributed by atoms with E-state index in [0.717, 1.165) is 22.8 Å². The summed E-state index contributed by atoms with van der Waals surface area (Å²) < 4.78 is 21.3. The molecule has 1 aliphatic rings. The number of nitrogens with one attached hydrogen (secondary N) is 1. The smallest absolute Gasteiger partial charge is 0.174 e. The number of nitrogens with zero attached hydrogens (tertiary/aromatic N) is 3. The van der Waals surface area contributed by atoms with Crippen LogP contribution in [0.5, 0.6) is 5.75 Å². The molecule has 1 fully saturated rings. The first-order valence-electron chi connectivity index (χ1n) is 10.3. The maximum absolute atomic E-state index is 14.0. The minimum Gasteiger partial charge on any atom is -0.495 e. The summed E-state index contributed by atoms with van der Waals surface area (Å²) in [6.45, 7) is 0. The predicted molar refractivity (Wildman–Crippen MR) is 132 cm³/mol. The first kappa shape index (κ1) is 21.4. The Labute approximate surface area is 201 Å². The Morgan fingerprint density at radius 3 is 2.64 bits per heavy atom. The SMILES string of the molecule is COc1ccc(N2C(=S)N[C@H](c3ccccn3)[C@H]2c2cccn2-c2cccc(F)c2)cc1Cl. The highest BCUT2D eigenvalue weighted by Crippen LogP contribution is 2.43. The molecule has 0 unspecified atom stereocenters. The van der Waals surface area contributed by atoms with E-state index in [9.17, 15) is 4.39 Å². The molecule has 3 heterocycles. The Morgan fingerprint density at radius 1 is 1.03 bits per heavy atom. The zero-order valence-corrected chi connectivity index (χ0v) is 19.2. The topological polar surface area (TPSA) is 42.3 Å². The summed E-state index contributed by atoms with van der Waals surface area (Å²) in [5.74, 6) is 0.284. The van der Waals surface area contributed by atoms with Crippen molar-refractivity contribution in [3.05, 3.63) is 107 Å². The number of halogens is 2. The van der Waals surface area contributed by atoms with Crippen LogP contribution >= 0.6 is 23.8 Å². The summed E-state index contributed by atoms with van der Waals surface area (Å²) in [6, 6.07) is 21.3. The number of hydrogen-bond donors (Lipinski definition) is 1. The summed E-state index contributed by atoms with van der Waals surface area (Å²) in [6.07, 6.45) is 3.68. The number of pyridine rings is 1. The average molecular weight is 479 g/mol. The summed E-state index contributed by atoms with van der Waals surface area (Å²) >= 11 is 12.2. The second kappa shape index (κ2) is 8.84. The van der Waals surface area contributed by atoms with E-state index in [1.165, 1.54) is 12.1 Å². The number of benzene rings is 2. The van der Waals surface area contributed by atoms with Crippen molar-refractivity contribution >= 4 is 34.6 Å². The first-order chi connectivity index (χ1) is 16.1. The lowest BCUT2D eigenvalue weighted by molar-refractivity contribution is 0.415. The Bertz CT molecular complexity index is 1310. The Kier molecular flexibility index (Phi) is 5.74. The fraction of sp³-hybridized carbons (Fsp3) is 0.120. The summed E-state index contributed by atoms with van der Waals surface area (Å²) in [5.41, 5.74) is 3.31. The zero-order chi connectivity index (χ0) is 22.9. The molecular formula is C25H20ClFN4OS. The van der Waals surface area contributed by atoms with Crippen molar-refractivity contribution in [2.75, 3.05) is 12.0 Å². The molecule has 5 rings (SSSR count). The molecule has 2 aromatic heterocycles. The lowest BCUT2D eigenvalue weighted by Gasteiger charge is -2.29. The number of thiocarbonyl (C=S) groups is 1. The molecule has 0 amide bonds. The van der Waals surface area contributed by atoms with Crippen LogP contribution in [0.15, 0.2) is 85.2 Å². The molecule has 1 saturated heterocycles. The van der Waals surface area contributed by atoms with E-state index < -0.39 is 0 Å². The van der Waals surface area contributed by atoms with Crippen LogP contribution in [0.2, 0.25) is 5.02 Å². The third-order valence-electron chi connectivity index (χ3n) is 5.68. The Morgan fingerprint density at radius 2 is 1.91 bits per heavy atom. The van der Waals surface area contributed by atoms with Gasteiger partial charge in [0.25, 0.3) is 0 Å². The number of aromatic nitrogens is 2. The lowest BCUT2D eigenvalue weighted by Crippen LogP contribution is -2.30. The monoisotopic (exact) mass is 478 g/mol. The van der Waals surface area contributed by atoms with Crippen LogP contribution < -0.4 is 15.0 Å². The minimum absolute atomic E-state index is 0.234. The van der Waals surface area contributed by atoms with Crippen molar-refractivity contribution < 1.29 is 9.13 Å². The van der Waals surface area contributed by atoms with Crippen LogP contribution in [-0.4, -0.2) is 21.8 Å². The van der Waals surface area contributed by atoms with Gasteiger partial charge < -0.3 is 19.5 Å². The van der Waals surface area contributed by atoms with Crippen molar-refractivity contribution in [2.24, 2.45) is 0 Å². The van der Waals surface area contributed by atoms with E-state index >= 15 is 0 Å². The van der Waals surface area contributed by atoms with E-state index in [2.05, 4.69) is 10.3 Å². The Hall–Kier alpha value is -3.42. The fourth-order valence-corrected chi connectivity index (χ4v) is 4.83. The number of ether oxygens (including phenoxy) is 1. The quantitative estimate of drug-likeness (QED) is 0.364. The van der Waals surface area contributed by atoms with Crippen molar-refractivity contribution in [1.82, 2.24) is 14.9 Å². The molecule has 0 radical (unpaired) electrons. The van der Waals surface area contributed by atoms with Gasteiger partial charge in [0.15, 0.2) is 5.11 Å². The van der Waals surface area contributed by atoms with Crippen molar-refractivity contribution in [3.63, 3.8) is 0 Å². The van der Waals surface area contributed by atoms with E-state index in [1.807, 2.05) is 70.3 Å². The molecule has 0 saturated carbocycles. The highest BCUT2D eigenvalue weighted by Gasteiger charge is 2.42. The van der Waals surface area contributed by atoms with Gasteiger partial charge in [0.1, 0.15) is 17.6 Å². The molecule has 0 spiro atoms. The highest BCUT2D eigenvalue weighted by atomic mass is 35.5. The molecule has 33 heavy (non-hydrogen) atoms. The molecule has 5 nitrogen and oxygen atoms in total. The summed E-state index contributed by atoms with van der Waals surface area (Å²) in [4.78, 5) is 6.60. The van der Waals surface area contributed by atoms with Crippen LogP contribution in [0.4, 0.5) is 10.1 Å². The van der Waals surface area contributed by atoms with E-state index in [4.69, 9.17) is 28.6 Å². The van der Waals surface area contributed by atoms with Gasteiger partial charge in [-0.15, -0.1) is 0 Å². The largest absolute Gasteiger partial charge is 0.495 e. The van der Waals surface area contributed by atoms with Crippen LogP contribution in [0, 0.1) is 5.82 Å². The summed E-state index contributed by atoms with van der Waals surface area (Å²) in [5, 5.41) is 4.46. The third-order valence-corrected chi connectivity index (χ3v) is 6.29. The second-order valence-electron chi connectivity index (χ2n) is 7.60. The molecule has 166 valence electrons. The fourth-order valence-electron chi connectivity index (χ4n) is 4.23. The molecule has 0 bridgehead atoms. The Balaban J connectivity index is 1.67. The molecule has 2 atom stereocenters. The van der Waals surface area contributed by atoms with E-state index in [1.54, 1.807) is 19.4 Å². The molecule has 4 aromatic rings. The molecule has 1 aliphatic heterocycles. The molecule has 0 aliphatic carbocycles. The molecular weight excluding hydrogens is 459 g/mol. The average Bonchev–Trinajstić information content (AvgIpc) is 3.44. The maximum Gasteiger partial charge on any atom is 0.174 e. The van der Waals surface area contributed by atoms with Crippen LogP contribution in [0.25, 0.3) is 5.69 Å². The highest BCUT2D eigenvalue weighted by molar-refractivity contribution is 7.80. The molecule has 1 N–H and O–H groups in total. The number of methoxy groups -OCH3 is 1. The van der Waals surface area contributed by atoms with Gasteiger partial charge in [0, 0.05) is 29.5 Å². The van der Waals surface area contributed by atoms with Gasteiger partial charge in [-0.25, -0.2) is 4.39 Å². The van der Waals surface area contributed by atoms with Gasteiger partial charge in [0.05, 0.1) is 23.9 Å². The predicted octanol–water partition coefficient (Wildman–Crippen LogP) is 5.85. The normalized spacial score (nSPS) is 17.8. The number of anilines is 1. The zero-order valence-electron chi connectivity index (χ0n) is 17.7. The molecule has 8 heteroatoms. The molecule has 2 aromatic carbocycles. The first-order valence-corrected chi connectivity index (χ1v) is 11.1. The summed E-state index contributed by atoms with van der Waals surface area (Å²) in [7, 11) is 1.58. The van der Waals surface area contributed by atoms with Gasteiger partial charge in [-0.1, -0.05) is 23.7 Å². The number of rotatable bonds is 5. The van der Waals surface area contributed by atoms with Crippen molar-refractivity contribution in [1.29, 1.82) is 0 Å². The van der Waals surface area contributed by atoms with Gasteiger partial charge in [-0.2, -0.15) is 0 Å². The lowest BCUT2D eigenvalue weighted by atomic mass is 10.0. The standard InChI is InChI=1S/C25H20ClFN4OS/c1-32-22-11-10-18(15-19(22)26)31-24(23(29-25(31)33)20-8-2-3-12-28-20)21-9-5-13-30(21)17-7-4-6-16(27)14-17/h2-15,23-24H,1H3,(H,29,33)/t23-,24-/m1/s1. The second-order valence-corrected chi connectivity index (χ2v) is 8.39. The number of hydrogen-bond acceptors (Lipinski definition) is 3. The van der Waals surface area contributed by atoms with E-state index in [-0.39, 0.29) is 17.9 Å². The van der Waals surface area contributed by atoms with Crippen molar-refractivity contribution in [3.8, 4) is 11.4 Å². The maximum atomic E-state index is 14.0. The van der Waals surface area contributed by atoms with Gasteiger partial charge >= 0.3 is 0 Å². The van der Waals surface area contributed by atoms with Gasteiger partial charge in [-0.3, -0.25) is 4.98 Å². The van der Waals surface area contributed by atoms with Gasteiger partial charge in [0.2, 0.25) is 0 Å². The van der Waals surface area contributed by atoms with Gasteiger partial charge in [-0.05, 0) is 72.9 Å². The van der Waals surface area contributed by atoms with Crippen molar-refractivity contribution in [2.45, 2.75) is 12.1 Å².